The molecule has 1 fully saturated rings. The number of unbranched alkanes of at least 4 members (excludes halogenated alkanes) is 1. The first-order chi connectivity index (χ1) is 10.8. The molecule has 1 aliphatic rings. The molecule has 0 unspecified atom stereocenters. The highest BCUT2D eigenvalue weighted by molar-refractivity contribution is 5.82. The molecule has 3 amide bonds. The van der Waals surface area contributed by atoms with Gasteiger partial charge in [-0.2, -0.15) is 0 Å². The molecule has 0 bridgehead atoms. The Morgan fingerprint density at radius 2 is 1.57 bits per heavy atom. The van der Waals surface area contributed by atoms with Crippen LogP contribution in [0.3, 0.4) is 0 Å². The van der Waals surface area contributed by atoms with Gasteiger partial charge in [-0.15, -0.1) is 0 Å². The van der Waals surface area contributed by atoms with Crippen LogP contribution in [0.1, 0.15) is 40.0 Å². The van der Waals surface area contributed by atoms with E-state index >= 15 is 0 Å². The van der Waals surface area contributed by atoms with Gasteiger partial charge in [-0.3, -0.25) is 9.59 Å². The lowest BCUT2D eigenvalue weighted by atomic mass is 9.94. The third-order valence-electron chi connectivity index (χ3n) is 3.81. The molecule has 23 heavy (non-hydrogen) atoms. The first-order valence-corrected chi connectivity index (χ1v) is 8.14. The Morgan fingerprint density at radius 3 is 2.09 bits per heavy atom. The molecule has 0 aliphatic carbocycles. The summed E-state index contributed by atoms with van der Waals surface area (Å²) in [5, 5.41) is 2.85. The number of carbonyl (C=O) groups excluding carboxylic acids is 3. The van der Waals surface area contributed by atoms with Crippen molar-refractivity contribution in [3.8, 4) is 0 Å². The number of esters is 1. The van der Waals surface area contributed by atoms with Gasteiger partial charge >= 0.3 is 12.0 Å². The van der Waals surface area contributed by atoms with E-state index < -0.39 is 0 Å². The minimum Gasteiger partial charge on any atom is -0.469 e. The van der Waals surface area contributed by atoms with Gasteiger partial charge in [0.05, 0.1) is 7.11 Å². The fourth-order valence-corrected chi connectivity index (χ4v) is 2.39. The van der Waals surface area contributed by atoms with Gasteiger partial charge in [-0.05, 0) is 12.8 Å². The van der Waals surface area contributed by atoms with Crippen LogP contribution in [0.25, 0.3) is 0 Å². The number of methoxy groups -OCH3 is 1. The molecule has 0 aromatic heterocycles. The van der Waals surface area contributed by atoms with Crippen LogP contribution in [0.2, 0.25) is 0 Å². The Hall–Kier alpha value is -1.79. The molecule has 0 aromatic rings. The van der Waals surface area contributed by atoms with Gasteiger partial charge < -0.3 is 19.9 Å². The van der Waals surface area contributed by atoms with Crippen molar-refractivity contribution in [2.45, 2.75) is 40.0 Å². The largest absolute Gasteiger partial charge is 0.469 e. The predicted octanol–water partition coefficient (Wildman–Crippen LogP) is 1.23. The number of rotatable bonds is 5. The number of urea groups is 1. The molecule has 0 saturated carbocycles. The van der Waals surface area contributed by atoms with E-state index in [4.69, 9.17) is 0 Å². The van der Waals surface area contributed by atoms with Gasteiger partial charge in [0.15, 0.2) is 0 Å². The van der Waals surface area contributed by atoms with Gasteiger partial charge in [-0.1, -0.05) is 20.8 Å². The number of carbonyl (C=O) groups is 3. The average Bonchev–Trinajstić information content (AvgIpc) is 2.52. The van der Waals surface area contributed by atoms with Crippen molar-refractivity contribution in [1.82, 2.24) is 15.1 Å². The van der Waals surface area contributed by atoms with Gasteiger partial charge in [0.1, 0.15) is 0 Å². The molecule has 1 N–H and O–H groups in total. The monoisotopic (exact) mass is 327 g/mol. The summed E-state index contributed by atoms with van der Waals surface area (Å²) in [6.07, 6.45) is 1.81. The maximum absolute atomic E-state index is 12.2. The fraction of sp³-hybridized carbons (Fsp3) is 0.812. The summed E-state index contributed by atoms with van der Waals surface area (Å²) in [5.41, 5.74) is -0.385. The second kappa shape index (κ2) is 8.74. The Balaban J connectivity index is 2.22. The molecule has 1 saturated heterocycles. The summed E-state index contributed by atoms with van der Waals surface area (Å²) in [7, 11) is 1.37. The lowest BCUT2D eigenvalue weighted by Crippen LogP contribution is -2.55. The maximum Gasteiger partial charge on any atom is 0.317 e. The van der Waals surface area contributed by atoms with E-state index in [1.54, 1.807) is 4.90 Å². The van der Waals surface area contributed by atoms with Crippen molar-refractivity contribution in [2.24, 2.45) is 5.41 Å². The minimum absolute atomic E-state index is 0.106. The average molecular weight is 327 g/mol. The normalized spacial score (nSPS) is 15.3. The third kappa shape index (κ3) is 6.46. The van der Waals surface area contributed by atoms with Crippen LogP contribution < -0.4 is 5.32 Å². The number of hydrogen-bond acceptors (Lipinski definition) is 4. The van der Waals surface area contributed by atoms with E-state index in [1.807, 2.05) is 25.7 Å². The van der Waals surface area contributed by atoms with Crippen molar-refractivity contribution in [3.63, 3.8) is 0 Å². The minimum atomic E-state index is -0.385. The highest BCUT2D eigenvalue weighted by Gasteiger charge is 2.30. The zero-order chi connectivity index (χ0) is 17.5. The Kier molecular flexibility index (Phi) is 7.32. The van der Waals surface area contributed by atoms with E-state index in [0.29, 0.717) is 45.6 Å². The molecule has 1 heterocycles. The van der Waals surface area contributed by atoms with E-state index in [-0.39, 0.29) is 23.3 Å². The molecule has 1 rings (SSSR count). The van der Waals surface area contributed by atoms with Gasteiger partial charge in [0, 0.05) is 44.6 Å². The standard InChI is InChI=1S/C16H29N3O4/c1-16(2,3)14(21)18-9-11-19(12-10-18)15(22)17-8-6-5-7-13(20)23-4/h5-12H2,1-4H3,(H,17,22). The van der Waals surface area contributed by atoms with Gasteiger partial charge in [0.2, 0.25) is 5.91 Å². The summed E-state index contributed by atoms with van der Waals surface area (Å²) in [4.78, 5) is 38.7. The molecule has 0 aromatic carbocycles. The van der Waals surface area contributed by atoms with Crippen LogP contribution in [0.15, 0.2) is 0 Å². The van der Waals surface area contributed by atoms with Crippen LogP contribution in [0.4, 0.5) is 4.79 Å². The van der Waals surface area contributed by atoms with E-state index in [9.17, 15) is 14.4 Å². The third-order valence-corrected chi connectivity index (χ3v) is 3.81. The predicted molar refractivity (Wildman–Crippen MR) is 86.9 cm³/mol. The van der Waals surface area contributed by atoms with Crippen molar-refractivity contribution < 1.29 is 19.1 Å². The molecule has 7 nitrogen and oxygen atoms in total. The summed E-state index contributed by atoms with van der Waals surface area (Å²) in [6, 6.07) is -0.106. The Bertz CT molecular complexity index is 424. The van der Waals surface area contributed by atoms with Crippen molar-refractivity contribution in [1.29, 1.82) is 0 Å². The van der Waals surface area contributed by atoms with Crippen molar-refractivity contribution in [2.75, 3.05) is 39.8 Å². The number of ether oxygens (including phenoxy) is 1. The molecular formula is C16H29N3O4. The second-order valence-electron chi connectivity index (χ2n) is 6.79. The number of piperazine rings is 1. The van der Waals surface area contributed by atoms with E-state index in [1.165, 1.54) is 7.11 Å². The lowest BCUT2D eigenvalue weighted by molar-refractivity contribution is -0.141. The number of hydrogen-bond donors (Lipinski definition) is 1. The molecular weight excluding hydrogens is 298 g/mol. The SMILES string of the molecule is COC(=O)CCCCNC(=O)N1CCN(C(=O)C(C)(C)C)CC1. The number of amides is 3. The highest BCUT2D eigenvalue weighted by Crippen LogP contribution is 2.18. The zero-order valence-corrected chi connectivity index (χ0v) is 14.7. The molecule has 7 heteroatoms. The molecule has 0 radical (unpaired) electrons. The summed E-state index contributed by atoms with van der Waals surface area (Å²) in [5.74, 6) is -0.101. The summed E-state index contributed by atoms with van der Waals surface area (Å²) in [6.45, 7) is 8.51. The first-order valence-electron chi connectivity index (χ1n) is 8.14. The Morgan fingerprint density at radius 1 is 1.00 bits per heavy atom. The van der Waals surface area contributed by atoms with Crippen LogP contribution in [0, 0.1) is 5.41 Å². The maximum atomic E-state index is 12.2. The number of nitrogens with zero attached hydrogens (tertiary/aromatic N) is 2. The molecule has 0 atom stereocenters. The van der Waals surface area contributed by atoms with Gasteiger partial charge in [0.25, 0.3) is 0 Å². The van der Waals surface area contributed by atoms with E-state index in [2.05, 4.69) is 10.1 Å². The second-order valence-corrected chi connectivity index (χ2v) is 6.79. The van der Waals surface area contributed by atoms with Crippen molar-refractivity contribution >= 4 is 17.9 Å². The van der Waals surface area contributed by atoms with Crippen LogP contribution >= 0.6 is 0 Å². The highest BCUT2D eigenvalue weighted by atomic mass is 16.5. The van der Waals surface area contributed by atoms with Crippen molar-refractivity contribution in [3.05, 3.63) is 0 Å². The van der Waals surface area contributed by atoms with Gasteiger partial charge in [-0.25, -0.2) is 4.79 Å². The topological polar surface area (TPSA) is 79.0 Å². The summed E-state index contributed by atoms with van der Waals surface area (Å²) >= 11 is 0. The smallest absolute Gasteiger partial charge is 0.317 e. The van der Waals surface area contributed by atoms with Crippen LogP contribution in [-0.2, 0) is 14.3 Å². The fourth-order valence-electron chi connectivity index (χ4n) is 2.39. The number of nitrogens with one attached hydrogen (secondary N) is 1. The lowest BCUT2D eigenvalue weighted by Gasteiger charge is -2.37. The van der Waals surface area contributed by atoms with E-state index in [0.717, 1.165) is 6.42 Å². The first kappa shape index (κ1) is 19.3. The molecule has 132 valence electrons. The molecule has 1 aliphatic heterocycles. The zero-order valence-electron chi connectivity index (χ0n) is 14.7. The summed E-state index contributed by atoms with van der Waals surface area (Å²) < 4.78 is 4.56. The Labute approximate surface area is 138 Å². The quantitative estimate of drug-likeness (QED) is 0.608. The molecule has 0 spiro atoms. The van der Waals surface area contributed by atoms with Crippen LogP contribution in [-0.4, -0.2) is 67.5 Å². The van der Waals surface area contributed by atoms with Crippen LogP contribution in [0.5, 0.6) is 0 Å².